The number of benzene rings is 1. The van der Waals surface area contributed by atoms with Gasteiger partial charge in [0, 0.05) is 30.8 Å². The van der Waals surface area contributed by atoms with E-state index in [2.05, 4.69) is 10.3 Å². The van der Waals surface area contributed by atoms with E-state index < -0.39 is 0 Å². The van der Waals surface area contributed by atoms with E-state index in [-0.39, 0.29) is 36.5 Å². The van der Waals surface area contributed by atoms with E-state index in [0.717, 1.165) is 31.2 Å². The Morgan fingerprint density at radius 3 is 2.63 bits per heavy atom. The molecular formula is C19H26Cl2FN3O2. The monoisotopic (exact) mass is 417 g/mol. The first-order chi connectivity index (χ1) is 12.2. The molecule has 2 rings (SSSR count). The molecule has 150 valence electrons. The maximum Gasteiger partial charge on any atom is 0.224 e. The first-order valence-corrected chi connectivity index (χ1v) is 8.53. The third kappa shape index (κ3) is 9.56. The van der Waals surface area contributed by atoms with Crippen LogP contribution in [0.2, 0.25) is 0 Å². The van der Waals surface area contributed by atoms with Crippen LogP contribution < -0.4 is 15.8 Å². The van der Waals surface area contributed by atoms with Gasteiger partial charge < -0.3 is 15.8 Å². The summed E-state index contributed by atoms with van der Waals surface area (Å²) in [5.74, 6) is 0.341. The summed E-state index contributed by atoms with van der Waals surface area (Å²) in [5, 5.41) is 2.87. The second kappa shape index (κ2) is 14.2. The molecule has 5 nitrogen and oxygen atoms in total. The number of ether oxygens (including phenoxy) is 1. The van der Waals surface area contributed by atoms with Gasteiger partial charge in [-0.05, 0) is 37.6 Å². The van der Waals surface area contributed by atoms with Crippen molar-refractivity contribution in [3.63, 3.8) is 0 Å². The quantitative estimate of drug-likeness (QED) is 0.562. The third-order valence-corrected chi connectivity index (χ3v) is 3.69. The summed E-state index contributed by atoms with van der Waals surface area (Å²) in [6.07, 6.45) is 6.00. The molecule has 1 amide bonds. The van der Waals surface area contributed by atoms with Crippen molar-refractivity contribution >= 4 is 30.7 Å². The highest BCUT2D eigenvalue weighted by Gasteiger charge is 2.08. The van der Waals surface area contributed by atoms with Gasteiger partial charge in [0.2, 0.25) is 11.8 Å². The van der Waals surface area contributed by atoms with Crippen LogP contribution in [0.15, 0.2) is 42.6 Å². The van der Waals surface area contributed by atoms with Crippen LogP contribution >= 0.6 is 24.8 Å². The number of nitrogens with zero attached hydrogens (tertiary/aromatic N) is 1. The molecule has 1 heterocycles. The molecule has 3 N–H and O–H groups in total. The maximum absolute atomic E-state index is 13.3. The summed E-state index contributed by atoms with van der Waals surface area (Å²) in [5.41, 5.74) is 6.18. The average Bonchev–Trinajstić information content (AvgIpc) is 2.61. The van der Waals surface area contributed by atoms with Crippen molar-refractivity contribution in [1.82, 2.24) is 10.3 Å². The van der Waals surface area contributed by atoms with E-state index in [4.69, 9.17) is 10.5 Å². The Bertz CT molecular complexity index is 690. The summed E-state index contributed by atoms with van der Waals surface area (Å²) in [4.78, 5) is 16.1. The van der Waals surface area contributed by atoms with Gasteiger partial charge in [0.15, 0.2) is 0 Å². The second-order valence-electron chi connectivity index (χ2n) is 5.76. The number of halogens is 3. The Kier molecular flexibility index (Phi) is 13.2. The van der Waals surface area contributed by atoms with Crippen LogP contribution in [0.4, 0.5) is 4.39 Å². The van der Waals surface area contributed by atoms with Crippen molar-refractivity contribution in [2.24, 2.45) is 5.73 Å². The summed E-state index contributed by atoms with van der Waals surface area (Å²) in [7, 11) is 0. The molecule has 8 heteroatoms. The van der Waals surface area contributed by atoms with Crippen molar-refractivity contribution in [3.8, 4) is 11.6 Å². The summed E-state index contributed by atoms with van der Waals surface area (Å²) in [6, 6.07) is 9.45. The smallest absolute Gasteiger partial charge is 0.224 e. The standard InChI is InChI=1S/C19H24FN3O2.2ClH/c20-16-8-5-9-17(13-16)25-19-15(7-6-12-22-19)14-23-18(24)10-3-1-2-4-11-21;;/h5-9,12-13H,1-4,10-11,14,21H2,(H,23,24);2*1H. The molecule has 2 aromatic rings. The van der Waals surface area contributed by atoms with Gasteiger partial charge in [-0.2, -0.15) is 0 Å². The highest BCUT2D eigenvalue weighted by Crippen LogP contribution is 2.23. The Morgan fingerprint density at radius 2 is 1.89 bits per heavy atom. The van der Waals surface area contributed by atoms with Crippen LogP contribution in [0.5, 0.6) is 11.6 Å². The number of aromatic nitrogens is 1. The van der Waals surface area contributed by atoms with Gasteiger partial charge in [-0.1, -0.05) is 25.0 Å². The fraction of sp³-hybridized carbons (Fsp3) is 0.368. The lowest BCUT2D eigenvalue weighted by Gasteiger charge is -2.11. The molecule has 0 aliphatic carbocycles. The molecule has 27 heavy (non-hydrogen) atoms. The lowest BCUT2D eigenvalue weighted by atomic mass is 10.1. The largest absolute Gasteiger partial charge is 0.439 e. The van der Waals surface area contributed by atoms with E-state index in [1.165, 1.54) is 12.1 Å². The number of rotatable bonds is 10. The molecule has 0 spiro atoms. The molecule has 0 radical (unpaired) electrons. The van der Waals surface area contributed by atoms with E-state index in [9.17, 15) is 9.18 Å². The van der Waals surface area contributed by atoms with Gasteiger partial charge in [-0.25, -0.2) is 9.37 Å². The van der Waals surface area contributed by atoms with Gasteiger partial charge >= 0.3 is 0 Å². The zero-order valence-electron chi connectivity index (χ0n) is 15.0. The second-order valence-corrected chi connectivity index (χ2v) is 5.76. The zero-order valence-corrected chi connectivity index (χ0v) is 16.7. The van der Waals surface area contributed by atoms with Gasteiger partial charge in [0.05, 0.1) is 0 Å². The number of unbranched alkanes of at least 4 members (excludes halogenated alkanes) is 3. The minimum Gasteiger partial charge on any atom is -0.439 e. The topological polar surface area (TPSA) is 77.2 Å². The molecule has 0 aliphatic rings. The SMILES string of the molecule is Cl.Cl.NCCCCCCC(=O)NCc1cccnc1Oc1cccc(F)c1. The number of hydrogen-bond acceptors (Lipinski definition) is 4. The molecule has 0 aliphatic heterocycles. The van der Waals surface area contributed by atoms with E-state index in [0.29, 0.717) is 31.1 Å². The fourth-order valence-electron chi connectivity index (χ4n) is 2.36. The van der Waals surface area contributed by atoms with Gasteiger partial charge in [0.1, 0.15) is 11.6 Å². The van der Waals surface area contributed by atoms with Crippen LogP contribution in [-0.4, -0.2) is 17.4 Å². The Balaban J connectivity index is 0.00000338. The predicted octanol–water partition coefficient (Wildman–Crippen LogP) is 4.38. The molecule has 0 bridgehead atoms. The molecule has 0 fully saturated rings. The Hall–Kier alpha value is -1.89. The van der Waals surface area contributed by atoms with E-state index in [1.807, 2.05) is 6.07 Å². The number of nitrogens with one attached hydrogen (secondary N) is 1. The fourth-order valence-corrected chi connectivity index (χ4v) is 2.36. The number of carbonyl (C=O) groups is 1. The molecule has 0 atom stereocenters. The zero-order chi connectivity index (χ0) is 17.9. The highest BCUT2D eigenvalue weighted by molar-refractivity contribution is 5.85. The molecule has 1 aromatic carbocycles. The molecule has 1 aromatic heterocycles. The van der Waals surface area contributed by atoms with Crippen molar-refractivity contribution < 1.29 is 13.9 Å². The minimum absolute atomic E-state index is 0. The number of carbonyl (C=O) groups excluding carboxylic acids is 1. The highest BCUT2D eigenvalue weighted by atomic mass is 35.5. The summed E-state index contributed by atoms with van der Waals surface area (Å²) in [6.45, 7) is 1.02. The van der Waals surface area contributed by atoms with E-state index in [1.54, 1.807) is 24.4 Å². The summed E-state index contributed by atoms with van der Waals surface area (Å²) >= 11 is 0. The lowest BCUT2D eigenvalue weighted by Crippen LogP contribution is -2.22. The van der Waals surface area contributed by atoms with Crippen molar-refractivity contribution in [2.75, 3.05) is 6.54 Å². The molecular weight excluding hydrogens is 392 g/mol. The van der Waals surface area contributed by atoms with E-state index >= 15 is 0 Å². The maximum atomic E-state index is 13.3. The third-order valence-electron chi connectivity index (χ3n) is 3.69. The minimum atomic E-state index is -0.377. The van der Waals surface area contributed by atoms with Crippen LogP contribution in [-0.2, 0) is 11.3 Å². The first kappa shape index (κ1) is 25.1. The first-order valence-electron chi connectivity index (χ1n) is 8.53. The van der Waals surface area contributed by atoms with Crippen molar-refractivity contribution in [3.05, 3.63) is 54.0 Å². The Labute approximate surface area is 171 Å². The van der Waals surface area contributed by atoms with Crippen LogP contribution in [0, 0.1) is 5.82 Å². The lowest BCUT2D eigenvalue weighted by molar-refractivity contribution is -0.121. The van der Waals surface area contributed by atoms with Crippen LogP contribution in [0.1, 0.15) is 37.7 Å². The predicted molar refractivity (Wildman–Crippen MR) is 109 cm³/mol. The van der Waals surface area contributed by atoms with Gasteiger partial charge in [0.25, 0.3) is 0 Å². The van der Waals surface area contributed by atoms with Crippen molar-refractivity contribution in [2.45, 2.75) is 38.6 Å². The molecule has 0 saturated carbocycles. The Morgan fingerprint density at radius 1 is 1.11 bits per heavy atom. The number of hydrogen-bond donors (Lipinski definition) is 2. The van der Waals surface area contributed by atoms with Gasteiger partial charge in [-0.15, -0.1) is 24.8 Å². The van der Waals surface area contributed by atoms with Gasteiger partial charge in [-0.3, -0.25) is 4.79 Å². The number of nitrogens with two attached hydrogens (primary N) is 1. The average molecular weight is 418 g/mol. The molecule has 0 unspecified atom stereocenters. The number of amides is 1. The normalized spacial score (nSPS) is 9.70. The summed E-state index contributed by atoms with van der Waals surface area (Å²) < 4.78 is 18.9. The van der Waals surface area contributed by atoms with Crippen LogP contribution in [0.3, 0.4) is 0 Å². The molecule has 0 saturated heterocycles. The van der Waals surface area contributed by atoms with Crippen LogP contribution in [0.25, 0.3) is 0 Å². The van der Waals surface area contributed by atoms with Crippen molar-refractivity contribution in [1.29, 1.82) is 0 Å². The number of pyridine rings is 1.